The summed E-state index contributed by atoms with van der Waals surface area (Å²) in [5.41, 5.74) is 10.2. The van der Waals surface area contributed by atoms with Crippen LogP contribution in [0.3, 0.4) is 0 Å². The maximum absolute atomic E-state index is 2.36. The molecule has 2 heteroatoms. The van der Waals surface area contributed by atoms with Crippen molar-refractivity contribution in [3.63, 3.8) is 0 Å². The topological polar surface area (TPSA) is 0 Å². The molecule has 0 fully saturated rings. The number of thiophene rings is 2. The van der Waals surface area contributed by atoms with Crippen molar-refractivity contribution >= 4 is 33.4 Å². The van der Waals surface area contributed by atoms with Crippen molar-refractivity contribution in [3.05, 3.63) is 45.0 Å². The lowest BCUT2D eigenvalue weighted by Gasteiger charge is -2.07. The fraction of sp³-hybridized carbons (Fsp3) is 0.143. The quantitative estimate of drug-likeness (QED) is 0.276. The summed E-state index contributed by atoms with van der Waals surface area (Å²) in [7, 11) is 0. The van der Waals surface area contributed by atoms with E-state index >= 15 is 0 Å². The average Bonchev–Trinajstić information content (AvgIpc) is 3.20. The highest BCUT2D eigenvalue weighted by Crippen LogP contribution is 2.59. The van der Waals surface area contributed by atoms with Gasteiger partial charge in [0.25, 0.3) is 0 Å². The predicted molar refractivity (Wildman–Crippen MR) is 103 cm³/mol. The molecule has 0 saturated carbocycles. The molecule has 0 radical (unpaired) electrons. The smallest absolute Gasteiger partial charge is 0.0430 e. The fourth-order valence-corrected chi connectivity index (χ4v) is 6.72. The molecule has 0 nitrogen and oxygen atoms in total. The number of rotatable bonds is 0. The Morgan fingerprint density at radius 2 is 1.17 bits per heavy atom. The summed E-state index contributed by atoms with van der Waals surface area (Å²) < 4.78 is 0. The normalized spacial score (nSPS) is 13.0. The van der Waals surface area contributed by atoms with Gasteiger partial charge in [-0.3, -0.25) is 0 Å². The molecule has 2 heterocycles. The van der Waals surface area contributed by atoms with Crippen molar-refractivity contribution in [1.29, 1.82) is 0 Å². The molecule has 0 unspecified atom stereocenters. The van der Waals surface area contributed by atoms with Gasteiger partial charge >= 0.3 is 0 Å². The lowest BCUT2D eigenvalue weighted by atomic mass is 9.97. The molecular weight excluding hydrogens is 316 g/mol. The molecule has 2 aliphatic carbocycles. The average molecular weight is 330 g/mol. The number of hydrogen-bond donors (Lipinski definition) is 0. The van der Waals surface area contributed by atoms with Crippen LogP contribution in [0.2, 0.25) is 0 Å². The number of benzene rings is 2. The zero-order valence-electron chi connectivity index (χ0n) is 13.2. The Kier molecular flexibility index (Phi) is 2.05. The minimum absolute atomic E-state index is 1.40. The molecule has 110 valence electrons. The Morgan fingerprint density at radius 1 is 0.609 bits per heavy atom. The van der Waals surface area contributed by atoms with E-state index in [4.69, 9.17) is 0 Å². The molecular formula is C21H14S2. The first kappa shape index (κ1) is 12.5. The SMILES string of the molecule is Cc1cc2c(s1)-c1ccc3c4c(ccc-2c14)-c1c(C)sc(C)c1-3. The van der Waals surface area contributed by atoms with E-state index in [1.807, 2.05) is 22.7 Å². The summed E-state index contributed by atoms with van der Waals surface area (Å²) in [6.45, 7) is 6.75. The Bertz CT molecular complexity index is 1100. The van der Waals surface area contributed by atoms with Gasteiger partial charge in [-0.25, -0.2) is 0 Å². The summed E-state index contributed by atoms with van der Waals surface area (Å²) >= 11 is 3.87. The molecule has 0 aliphatic heterocycles. The van der Waals surface area contributed by atoms with Gasteiger partial charge < -0.3 is 0 Å². The van der Waals surface area contributed by atoms with E-state index in [1.165, 1.54) is 69.2 Å². The lowest BCUT2D eigenvalue weighted by molar-refractivity contribution is 1.61. The second-order valence-electron chi connectivity index (χ2n) is 6.64. The van der Waals surface area contributed by atoms with Crippen molar-refractivity contribution in [3.8, 4) is 43.8 Å². The lowest BCUT2D eigenvalue weighted by Crippen LogP contribution is -1.80. The monoisotopic (exact) mass is 330 g/mol. The molecule has 23 heavy (non-hydrogen) atoms. The Hall–Kier alpha value is -1.90. The molecule has 0 N–H and O–H groups in total. The van der Waals surface area contributed by atoms with Crippen molar-refractivity contribution in [2.75, 3.05) is 0 Å². The number of hydrogen-bond acceptors (Lipinski definition) is 2. The standard InChI is InChI=1S/C21H14S2/c1-9-8-16-12-4-5-13-17-10(2)23-11(3)18(17)14-6-7-15(21(16)22-9)19(12)20(13)14/h4-8H,1-3H3. The number of fused-ring (bicyclic) bond motifs is 6. The van der Waals surface area contributed by atoms with Crippen LogP contribution in [0, 0.1) is 20.8 Å². The van der Waals surface area contributed by atoms with Crippen LogP contribution in [0.1, 0.15) is 14.6 Å². The summed E-state index contributed by atoms with van der Waals surface area (Å²) in [6, 6.07) is 11.8. The van der Waals surface area contributed by atoms with Crippen LogP contribution in [0.25, 0.3) is 54.6 Å². The molecule has 6 rings (SSSR count). The van der Waals surface area contributed by atoms with E-state index in [2.05, 4.69) is 51.1 Å². The summed E-state index contributed by atoms with van der Waals surface area (Å²) in [4.78, 5) is 5.77. The molecule has 0 amide bonds. The van der Waals surface area contributed by atoms with Gasteiger partial charge in [0.1, 0.15) is 0 Å². The Labute approximate surface area is 143 Å². The first-order valence-corrected chi connectivity index (χ1v) is 9.60. The number of aryl methyl sites for hydroxylation is 3. The predicted octanol–water partition coefficient (Wildman–Crippen LogP) is 7.18. The zero-order valence-corrected chi connectivity index (χ0v) is 14.8. The van der Waals surface area contributed by atoms with Crippen LogP contribution >= 0.6 is 22.7 Å². The molecule has 0 bridgehead atoms. The Morgan fingerprint density at radius 3 is 1.87 bits per heavy atom. The van der Waals surface area contributed by atoms with E-state index in [-0.39, 0.29) is 0 Å². The summed E-state index contributed by atoms with van der Waals surface area (Å²) in [6.07, 6.45) is 0. The highest BCUT2D eigenvalue weighted by atomic mass is 32.1. The van der Waals surface area contributed by atoms with E-state index < -0.39 is 0 Å². The first-order valence-electron chi connectivity index (χ1n) is 7.97. The van der Waals surface area contributed by atoms with Gasteiger partial charge in [0, 0.05) is 41.8 Å². The van der Waals surface area contributed by atoms with E-state index in [0.717, 1.165) is 0 Å². The maximum atomic E-state index is 2.36. The molecule has 4 aromatic rings. The van der Waals surface area contributed by atoms with Crippen LogP contribution < -0.4 is 0 Å². The maximum Gasteiger partial charge on any atom is 0.0430 e. The van der Waals surface area contributed by atoms with Crippen LogP contribution in [0.4, 0.5) is 0 Å². The van der Waals surface area contributed by atoms with E-state index in [1.54, 1.807) is 0 Å². The second-order valence-corrected chi connectivity index (χ2v) is 9.32. The van der Waals surface area contributed by atoms with Gasteiger partial charge in [0.05, 0.1) is 0 Å². The minimum Gasteiger partial charge on any atom is -0.145 e. The zero-order chi connectivity index (χ0) is 15.5. The van der Waals surface area contributed by atoms with E-state index in [0.29, 0.717) is 0 Å². The van der Waals surface area contributed by atoms with Gasteiger partial charge in [0.2, 0.25) is 0 Å². The summed E-state index contributed by atoms with van der Waals surface area (Å²) in [5, 5.41) is 2.98. The van der Waals surface area contributed by atoms with Crippen molar-refractivity contribution in [2.24, 2.45) is 0 Å². The van der Waals surface area contributed by atoms with Gasteiger partial charge in [-0.05, 0) is 54.3 Å². The minimum atomic E-state index is 1.40. The molecule has 0 atom stereocenters. The van der Waals surface area contributed by atoms with Crippen LogP contribution in [0.5, 0.6) is 0 Å². The van der Waals surface area contributed by atoms with E-state index in [9.17, 15) is 0 Å². The molecule has 2 aromatic carbocycles. The largest absolute Gasteiger partial charge is 0.145 e. The highest BCUT2D eigenvalue weighted by molar-refractivity contribution is 7.16. The first-order chi connectivity index (χ1) is 11.1. The van der Waals surface area contributed by atoms with Gasteiger partial charge in [-0.15, -0.1) is 22.7 Å². The highest BCUT2D eigenvalue weighted by Gasteiger charge is 2.32. The van der Waals surface area contributed by atoms with Crippen molar-refractivity contribution in [2.45, 2.75) is 20.8 Å². The van der Waals surface area contributed by atoms with Gasteiger partial charge in [-0.2, -0.15) is 0 Å². The third kappa shape index (κ3) is 1.27. The van der Waals surface area contributed by atoms with Gasteiger partial charge in [-0.1, -0.05) is 24.3 Å². The molecule has 2 aliphatic rings. The van der Waals surface area contributed by atoms with Gasteiger partial charge in [0.15, 0.2) is 0 Å². The molecule has 2 aromatic heterocycles. The Balaban J connectivity index is 1.85. The van der Waals surface area contributed by atoms with Crippen LogP contribution in [-0.4, -0.2) is 0 Å². The summed E-state index contributed by atoms with van der Waals surface area (Å²) in [5.74, 6) is 0. The second kappa shape index (κ2) is 3.77. The van der Waals surface area contributed by atoms with Crippen molar-refractivity contribution in [1.82, 2.24) is 0 Å². The van der Waals surface area contributed by atoms with Crippen molar-refractivity contribution < 1.29 is 0 Å². The fourth-order valence-electron chi connectivity index (χ4n) is 4.57. The third-order valence-corrected chi connectivity index (χ3v) is 7.45. The van der Waals surface area contributed by atoms with Crippen LogP contribution in [0.15, 0.2) is 30.3 Å². The van der Waals surface area contributed by atoms with Crippen LogP contribution in [-0.2, 0) is 0 Å². The molecule has 0 spiro atoms. The molecule has 0 saturated heterocycles. The third-order valence-electron chi connectivity index (χ3n) is 5.35.